The summed E-state index contributed by atoms with van der Waals surface area (Å²) >= 11 is 0. The van der Waals surface area contributed by atoms with Crippen molar-refractivity contribution in [2.45, 2.75) is 6.04 Å². The van der Waals surface area contributed by atoms with E-state index in [1.165, 1.54) is 0 Å². The van der Waals surface area contributed by atoms with Gasteiger partial charge in [-0.2, -0.15) is 0 Å². The van der Waals surface area contributed by atoms with Gasteiger partial charge in [0.2, 0.25) is 0 Å². The maximum atomic E-state index is 9.54. The largest absolute Gasteiger partial charge is 0.394 e. The van der Waals surface area contributed by atoms with Gasteiger partial charge in [-0.1, -0.05) is 0 Å². The molecule has 2 N–H and O–H groups in total. The molecule has 0 aromatic carbocycles. The van der Waals surface area contributed by atoms with Crippen LogP contribution in [0.1, 0.15) is 0 Å². The molecular weight excluding hydrogens is 230 g/mol. The third-order valence-corrected chi connectivity index (χ3v) is 3.50. The average Bonchev–Trinajstić information content (AvgIpc) is 2.86. The predicted molar refractivity (Wildman–Crippen MR) is 69.6 cm³/mol. The number of aliphatic hydroxyl groups is 1. The molecule has 18 heavy (non-hydrogen) atoms. The van der Waals surface area contributed by atoms with Crippen molar-refractivity contribution in [1.29, 1.82) is 0 Å². The van der Waals surface area contributed by atoms with Crippen molar-refractivity contribution in [3.05, 3.63) is 18.6 Å². The van der Waals surface area contributed by atoms with E-state index in [-0.39, 0.29) is 12.6 Å². The molecule has 0 radical (unpaired) electrons. The lowest BCUT2D eigenvalue weighted by molar-refractivity contribution is 0.190. The number of hydrogen-bond donors (Lipinski definition) is 2. The quantitative estimate of drug-likeness (QED) is 0.786. The van der Waals surface area contributed by atoms with E-state index >= 15 is 0 Å². The molecular formula is C12H17N5O. The van der Waals surface area contributed by atoms with Gasteiger partial charge in [-0.15, -0.1) is 0 Å². The van der Waals surface area contributed by atoms with Crippen LogP contribution in [-0.4, -0.2) is 64.3 Å². The van der Waals surface area contributed by atoms with Crippen LogP contribution in [0, 0.1) is 0 Å². The Morgan fingerprint density at radius 1 is 1.44 bits per heavy atom. The second kappa shape index (κ2) is 4.55. The molecule has 0 bridgehead atoms. The third-order valence-electron chi connectivity index (χ3n) is 3.50. The number of aromatic amines is 1. The zero-order valence-electron chi connectivity index (χ0n) is 10.4. The zero-order valence-corrected chi connectivity index (χ0v) is 10.4. The monoisotopic (exact) mass is 247 g/mol. The van der Waals surface area contributed by atoms with Crippen molar-refractivity contribution < 1.29 is 5.11 Å². The number of likely N-dealkylation sites (N-methyl/N-ethyl adjacent to an activating group) is 1. The molecule has 96 valence electrons. The Hall–Kier alpha value is -1.66. The fourth-order valence-electron chi connectivity index (χ4n) is 2.53. The van der Waals surface area contributed by atoms with Crippen LogP contribution < -0.4 is 4.90 Å². The fourth-order valence-corrected chi connectivity index (χ4v) is 2.53. The number of hydrogen-bond acceptors (Lipinski definition) is 5. The molecule has 1 atom stereocenters. The first kappa shape index (κ1) is 11.4. The highest BCUT2D eigenvalue weighted by Gasteiger charge is 2.27. The highest BCUT2D eigenvalue weighted by atomic mass is 16.3. The highest BCUT2D eigenvalue weighted by Crippen LogP contribution is 2.25. The fraction of sp³-hybridized carbons (Fsp3) is 0.500. The minimum atomic E-state index is 0.0942. The summed E-state index contributed by atoms with van der Waals surface area (Å²) in [4.78, 5) is 16.1. The Morgan fingerprint density at radius 2 is 2.33 bits per heavy atom. The third kappa shape index (κ3) is 1.83. The Kier molecular flexibility index (Phi) is 2.89. The van der Waals surface area contributed by atoms with Crippen LogP contribution in [-0.2, 0) is 0 Å². The van der Waals surface area contributed by atoms with Gasteiger partial charge in [-0.25, -0.2) is 9.97 Å². The van der Waals surface area contributed by atoms with Crippen molar-refractivity contribution in [3.63, 3.8) is 0 Å². The predicted octanol–water partition coefficient (Wildman–Crippen LogP) is 0.0706. The van der Waals surface area contributed by atoms with Crippen LogP contribution in [0.5, 0.6) is 0 Å². The second-order valence-corrected chi connectivity index (χ2v) is 4.73. The van der Waals surface area contributed by atoms with Gasteiger partial charge in [0.1, 0.15) is 17.8 Å². The molecule has 1 aliphatic heterocycles. The number of nitrogens with one attached hydrogen (secondary N) is 1. The van der Waals surface area contributed by atoms with Gasteiger partial charge in [0, 0.05) is 25.8 Å². The molecule has 1 aliphatic rings. The zero-order chi connectivity index (χ0) is 12.5. The Labute approximate surface area is 105 Å². The van der Waals surface area contributed by atoms with Crippen LogP contribution in [0.15, 0.2) is 18.6 Å². The topological polar surface area (TPSA) is 68.3 Å². The highest BCUT2D eigenvalue weighted by molar-refractivity contribution is 5.87. The molecule has 1 saturated heterocycles. The van der Waals surface area contributed by atoms with E-state index in [1.54, 1.807) is 6.33 Å². The number of piperazine rings is 1. The first-order chi connectivity index (χ1) is 8.79. The van der Waals surface area contributed by atoms with Gasteiger partial charge in [0.25, 0.3) is 0 Å². The van der Waals surface area contributed by atoms with Gasteiger partial charge in [-0.05, 0) is 13.1 Å². The lowest BCUT2D eigenvalue weighted by atomic mass is 10.1. The molecule has 2 aromatic heterocycles. The summed E-state index contributed by atoms with van der Waals surface area (Å²) in [7, 11) is 2.08. The summed E-state index contributed by atoms with van der Waals surface area (Å²) in [5.41, 5.74) is 0.843. The van der Waals surface area contributed by atoms with Crippen LogP contribution in [0.25, 0.3) is 11.0 Å². The van der Waals surface area contributed by atoms with Crippen LogP contribution in [0.3, 0.4) is 0 Å². The first-order valence-electron chi connectivity index (χ1n) is 6.13. The summed E-state index contributed by atoms with van der Waals surface area (Å²) in [6, 6.07) is 2.08. The lowest BCUT2D eigenvalue weighted by Gasteiger charge is -2.40. The van der Waals surface area contributed by atoms with E-state index < -0.39 is 0 Å². The van der Waals surface area contributed by atoms with E-state index in [0.29, 0.717) is 0 Å². The minimum Gasteiger partial charge on any atom is -0.394 e. The van der Waals surface area contributed by atoms with Gasteiger partial charge >= 0.3 is 0 Å². The maximum Gasteiger partial charge on any atom is 0.142 e. The lowest BCUT2D eigenvalue weighted by Crippen LogP contribution is -2.54. The van der Waals surface area contributed by atoms with E-state index in [2.05, 4.69) is 31.8 Å². The summed E-state index contributed by atoms with van der Waals surface area (Å²) in [6.07, 6.45) is 3.44. The van der Waals surface area contributed by atoms with Gasteiger partial charge in [0.05, 0.1) is 18.0 Å². The maximum absolute atomic E-state index is 9.54. The first-order valence-corrected chi connectivity index (χ1v) is 6.13. The van der Waals surface area contributed by atoms with Crippen molar-refractivity contribution in [1.82, 2.24) is 19.9 Å². The Morgan fingerprint density at radius 3 is 3.17 bits per heavy atom. The number of nitrogens with zero attached hydrogens (tertiary/aromatic N) is 4. The van der Waals surface area contributed by atoms with E-state index in [9.17, 15) is 5.11 Å². The van der Waals surface area contributed by atoms with E-state index in [4.69, 9.17) is 0 Å². The molecule has 3 rings (SSSR count). The number of anilines is 1. The minimum absolute atomic E-state index is 0.0942. The standard InChI is InChI=1S/C12H17N5O/c1-16-4-5-17(9(6-16)7-18)12-10-2-3-13-11(10)14-8-15-12/h2-3,8-9,18H,4-7H2,1H3,(H,13,14,15)/t9-/m1/s1. The molecule has 2 aromatic rings. The SMILES string of the molecule is CN1CCN(c2ncnc3[nH]ccc23)[C@@H](CO)C1. The normalized spacial score (nSPS) is 21.7. The summed E-state index contributed by atoms with van der Waals surface area (Å²) in [5, 5.41) is 10.6. The molecule has 0 unspecified atom stereocenters. The van der Waals surface area contributed by atoms with Gasteiger partial charge in [-0.3, -0.25) is 0 Å². The molecule has 0 spiro atoms. The van der Waals surface area contributed by atoms with Gasteiger partial charge in [0.15, 0.2) is 0 Å². The van der Waals surface area contributed by atoms with Gasteiger partial charge < -0.3 is 19.9 Å². The second-order valence-electron chi connectivity index (χ2n) is 4.73. The van der Waals surface area contributed by atoms with Crippen molar-refractivity contribution in [2.24, 2.45) is 0 Å². The van der Waals surface area contributed by atoms with E-state index in [1.807, 2.05) is 12.3 Å². The van der Waals surface area contributed by atoms with Crippen LogP contribution >= 0.6 is 0 Å². The molecule has 3 heterocycles. The van der Waals surface area contributed by atoms with Crippen LogP contribution in [0.2, 0.25) is 0 Å². The summed E-state index contributed by atoms with van der Waals surface area (Å²) in [6.45, 7) is 2.85. The molecule has 0 saturated carbocycles. The number of H-pyrrole nitrogens is 1. The summed E-state index contributed by atoms with van der Waals surface area (Å²) in [5.74, 6) is 0.911. The smallest absolute Gasteiger partial charge is 0.142 e. The van der Waals surface area contributed by atoms with Crippen molar-refractivity contribution in [3.8, 4) is 0 Å². The van der Waals surface area contributed by atoms with E-state index in [0.717, 1.165) is 36.5 Å². The number of rotatable bonds is 2. The number of aromatic nitrogens is 3. The average molecular weight is 247 g/mol. The molecule has 0 amide bonds. The van der Waals surface area contributed by atoms with Crippen molar-refractivity contribution >= 4 is 16.9 Å². The molecule has 0 aliphatic carbocycles. The Bertz CT molecular complexity index is 540. The molecule has 6 nitrogen and oxygen atoms in total. The molecule has 6 heteroatoms. The Balaban J connectivity index is 2.00. The van der Waals surface area contributed by atoms with Crippen LogP contribution in [0.4, 0.5) is 5.82 Å². The van der Waals surface area contributed by atoms with Crippen molar-refractivity contribution in [2.75, 3.05) is 38.2 Å². The number of aliphatic hydroxyl groups excluding tert-OH is 1. The summed E-state index contributed by atoms with van der Waals surface area (Å²) < 4.78 is 0. The number of fused-ring (bicyclic) bond motifs is 1. The molecule has 1 fully saturated rings.